The molecule has 0 aromatic carbocycles. The van der Waals surface area contributed by atoms with Crippen molar-refractivity contribution in [1.29, 1.82) is 0 Å². The fourth-order valence-corrected chi connectivity index (χ4v) is 3.46. The van der Waals surface area contributed by atoms with Crippen LogP contribution in [0.2, 0.25) is 0 Å². The highest BCUT2D eigenvalue weighted by molar-refractivity contribution is 7.80. The third-order valence-corrected chi connectivity index (χ3v) is 5.41. The number of aromatic amines is 1. The normalized spacial score (nSPS) is 14.6. The zero-order chi connectivity index (χ0) is 25.7. The number of nitrogens with one attached hydrogen (secondary N) is 4. The highest BCUT2D eigenvalue weighted by atomic mass is 32.1. The van der Waals surface area contributed by atoms with Crippen LogP contribution in [0.3, 0.4) is 0 Å². The van der Waals surface area contributed by atoms with Crippen molar-refractivity contribution in [3.63, 3.8) is 0 Å². The molecule has 0 bridgehead atoms. The number of carbonyl (C=O) groups excluding carboxylic acids is 3. The summed E-state index contributed by atoms with van der Waals surface area (Å²) in [6, 6.07) is -4.04. The predicted molar refractivity (Wildman–Crippen MR) is 130 cm³/mol. The van der Waals surface area contributed by atoms with Gasteiger partial charge in [-0.2, -0.15) is 12.6 Å². The number of carbonyl (C=O) groups is 4. The van der Waals surface area contributed by atoms with Gasteiger partial charge in [0.25, 0.3) is 0 Å². The number of thiol groups is 1. The highest BCUT2D eigenvalue weighted by Crippen LogP contribution is 2.08. The van der Waals surface area contributed by atoms with Crippen molar-refractivity contribution in [2.45, 2.75) is 70.1 Å². The Balaban J connectivity index is 2.82. The van der Waals surface area contributed by atoms with E-state index in [1.54, 1.807) is 6.20 Å². The maximum atomic E-state index is 12.8. The molecule has 9 N–H and O–H groups in total. The molecule has 0 fully saturated rings. The van der Waals surface area contributed by atoms with E-state index in [9.17, 15) is 24.3 Å². The molecule has 1 heterocycles. The summed E-state index contributed by atoms with van der Waals surface area (Å²) in [5, 5.41) is 17.1. The van der Waals surface area contributed by atoms with Crippen LogP contribution in [0.5, 0.6) is 0 Å². The van der Waals surface area contributed by atoms with Crippen molar-refractivity contribution >= 4 is 36.3 Å². The second-order valence-corrected chi connectivity index (χ2v) is 8.87. The van der Waals surface area contributed by atoms with Gasteiger partial charge in [-0.1, -0.05) is 13.8 Å². The molecule has 1 rings (SSSR count). The van der Waals surface area contributed by atoms with Crippen LogP contribution < -0.4 is 27.4 Å². The van der Waals surface area contributed by atoms with Crippen LogP contribution in [0.4, 0.5) is 0 Å². The first kappa shape index (κ1) is 29.4. The molecule has 4 unspecified atom stereocenters. The molecule has 0 saturated heterocycles. The fraction of sp³-hybridized carbons (Fsp3) is 0.667. The maximum absolute atomic E-state index is 12.8. The van der Waals surface area contributed by atoms with E-state index < -0.39 is 47.9 Å². The topological polar surface area (TPSA) is 205 Å². The van der Waals surface area contributed by atoms with Crippen molar-refractivity contribution < 1.29 is 24.3 Å². The summed E-state index contributed by atoms with van der Waals surface area (Å²) in [5.74, 6) is -2.94. The molecule has 0 aliphatic rings. The molecule has 34 heavy (non-hydrogen) atoms. The zero-order valence-electron chi connectivity index (χ0n) is 19.6. The van der Waals surface area contributed by atoms with Gasteiger partial charge in [0.15, 0.2) is 0 Å². The van der Waals surface area contributed by atoms with Gasteiger partial charge in [-0.3, -0.25) is 14.4 Å². The summed E-state index contributed by atoms with van der Waals surface area (Å²) in [4.78, 5) is 56.4. The van der Waals surface area contributed by atoms with E-state index in [4.69, 9.17) is 11.5 Å². The van der Waals surface area contributed by atoms with Crippen LogP contribution in [0.1, 0.15) is 45.2 Å². The molecule has 1 aromatic rings. The van der Waals surface area contributed by atoms with Gasteiger partial charge in [-0.15, -0.1) is 0 Å². The van der Waals surface area contributed by atoms with Crippen molar-refractivity contribution in [2.75, 3.05) is 12.3 Å². The predicted octanol–water partition coefficient (Wildman–Crippen LogP) is -1.08. The highest BCUT2D eigenvalue weighted by Gasteiger charge is 2.30. The Morgan fingerprint density at radius 2 is 1.68 bits per heavy atom. The van der Waals surface area contributed by atoms with Crippen molar-refractivity contribution in [1.82, 2.24) is 25.9 Å². The minimum Gasteiger partial charge on any atom is -0.480 e. The molecule has 1 aromatic heterocycles. The van der Waals surface area contributed by atoms with Crippen LogP contribution in [-0.4, -0.2) is 75.2 Å². The minimum absolute atomic E-state index is 0.0312. The van der Waals surface area contributed by atoms with Crippen LogP contribution in [0.15, 0.2) is 12.5 Å². The summed E-state index contributed by atoms with van der Waals surface area (Å²) in [6.07, 6.45) is 4.89. The molecule has 12 nitrogen and oxygen atoms in total. The van der Waals surface area contributed by atoms with Gasteiger partial charge >= 0.3 is 5.97 Å². The number of nitrogens with two attached hydrogens (primary N) is 2. The molecular weight excluding hydrogens is 462 g/mol. The fourth-order valence-electron chi connectivity index (χ4n) is 3.20. The van der Waals surface area contributed by atoms with E-state index in [0.29, 0.717) is 25.1 Å². The number of aliphatic carboxylic acids is 1. The van der Waals surface area contributed by atoms with E-state index in [1.807, 2.05) is 13.8 Å². The Labute approximate surface area is 204 Å². The summed E-state index contributed by atoms with van der Waals surface area (Å²) >= 11 is 4.14. The first-order valence-corrected chi connectivity index (χ1v) is 11.9. The smallest absolute Gasteiger partial charge is 0.326 e. The van der Waals surface area contributed by atoms with Crippen molar-refractivity contribution in [3.8, 4) is 0 Å². The van der Waals surface area contributed by atoms with Gasteiger partial charge in [0.1, 0.15) is 18.1 Å². The van der Waals surface area contributed by atoms with Gasteiger partial charge in [-0.25, -0.2) is 9.78 Å². The van der Waals surface area contributed by atoms with E-state index in [2.05, 4.69) is 38.5 Å². The Bertz CT molecular complexity index is 790. The molecule has 3 amide bonds. The van der Waals surface area contributed by atoms with E-state index in [-0.39, 0.29) is 30.9 Å². The average Bonchev–Trinajstić information content (AvgIpc) is 3.28. The lowest BCUT2D eigenvalue weighted by Gasteiger charge is -2.25. The average molecular weight is 500 g/mol. The van der Waals surface area contributed by atoms with Crippen LogP contribution in [-0.2, 0) is 25.6 Å². The summed E-state index contributed by atoms with van der Waals surface area (Å²) < 4.78 is 0. The Kier molecular flexibility index (Phi) is 13.2. The Morgan fingerprint density at radius 1 is 1.06 bits per heavy atom. The van der Waals surface area contributed by atoms with Crippen molar-refractivity contribution in [3.05, 3.63) is 18.2 Å². The number of hydrogen-bond acceptors (Lipinski definition) is 8. The lowest BCUT2D eigenvalue weighted by molar-refractivity contribution is -0.142. The van der Waals surface area contributed by atoms with Gasteiger partial charge < -0.3 is 37.5 Å². The molecule has 0 saturated carbocycles. The third-order valence-electron chi connectivity index (χ3n) is 5.05. The minimum atomic E-state index is -1.15. The third kappa shape index (κ3) is 10.5. The number of unbranched alkanes of at least 4 members (excludes halogenated alkanes) is 1. The lowest BCUT2D eigenvalue weighted by Crippen LogP contribution is -2.57. The number of carboxylic acids is 1. The first-order valence-electron chi connectivity index (χ1n) is 11.3. The second kappa shape index (κ2) is 15.3. The number of aromatic nitrogens is 2. The standard InChI is InChI=1S/C21H37N7O5S/c1-12(2)7-16(21(32)33)27-19(30)15(5-3-4-6-22)26-20(31)17(10-34)28-18(29)14(23)8-13-9-24-11-25-13/h9,11-12,14-17,34H,3-8,10,22-23H2,1-2H3,(H,24,25)(H,26,31)(H,27,30)(H,28,29)(H,32,33). The molecule has 192 valence electrons. The van der Waals surface area contributed by atoms with Gasteiger partial charge in [0, 0.05) is 24.1 Å². The number of hydrogen-bond donors (Lipinski definition) is 8. The molecule has 4 atom stereocenters. The number of H-pyrrole nitrogens is 1. The molecular formula is C21H37N7O5S. The molecule has 0 aliphatic carbocycles. The molecule has 0 aliphatic heterocycles. The van der Waals surface area contributed by atoms with E-state index in [0.717, 1.165) is 0 Å². The number of imidazole rings is 1. The van der Waals surface area contributed by atoms with Crippen LogP contribution in [0, 0.1) is 5.92 Å². The number of rotatable bonds is 16. The van der Waals surface area contributed by atoms with Crippen LogP contribution >= 0.6 is 12.6 Å². The SMILES string of the molecule is CC(C)CC(NC(=O)C(CCCCN)NC(=O)C(CS)NC(=O)C(N)Cc1cnc[nH]1)C(=O)O. The number of nitrogens with zero attached hydrogens (tertiary/aromatic N) is 1. The maximum Gasteiger partial charge on any atom is 0.326 e. The Hall–Kier alpha value is -2.64. The molecule has 0 spiro atoms. The van der Waals surface area contributed by atoms with Crippen LogP contribution in [0.25, 0.3) is 0 Å². The summed E-state index contributed by atoms with van der Waals surface area (Å²) in [7, 11) is 0. The Morgan fingerprint density at radius 3 is 2.21 bits per heavy atom. The van der Waals surface area contributed by atoms with E-state index >= 15 is 0 Å². The quantitative estimate of drug-likeness (QED) is 0.103. The monoisotopic (exact) mass is 499 g/mol. The van der Waals surface area contributed by atoms with Gasteiger partial charge in [0.2, 0.25) is 17.7 Å². The van der Waals surface area contributed by atoms with E-state index in [1.165, 1.54) is 6.33 Å². The summed E-state index contributed by atoms with van der Waals surface area (Å²) in [5.41, 5.74) is 12.1. The zero-order valence-corrected chi connectivity index (χ0v) is 20.5. The summed E-state index contributed by atoms with van der Waals surface area (Å²) in [6.45, 7) is 4.11. The lowest BCUT2D eigenvalue weighted by atomic mass is 10.0. The van der Waals surface area contributed by atoms with Gasteiger partial charge in [0.05, 0.1) is 12.4 Å². The first-order chi connectivity index (χ1) is 16.1. The largest absolute Gasteiger partial charge is 0.480 e. The molecule has 13 heteroatoms. The van der Waals surface area contributed by atoms with Gasteiger partial charge in [-0.05, 0) is 38.1 Å². The second-order valence-electron chi connectivity index (χ2n) is 8.51. The van der Waals surface area contributed by atoms with Crippen molar-refractivity contribution in [2.24, 2.45) is 17.4 Å². The number of carboxylic acid groups (broad SMARTS) is 1. The molecule has 0 radical (unpaired) electrons. The number of amides is 3.